The van der Waals surface area contributed by atoms with Gasteiger partial charge >= 0.3 is 0 Å². The molecule has 0 fully saturated rings. The van der Waals surface area contributed by atoms with E-state index in [1.165, 1.54) is 6.92 Å². The molecule has 92 valence electrons. The van der Waals surface area contributed by atoms with Crippen molar-refractivity contribution in [1.82, 2.24) is 5.43 Å². The van der Waals surface area contributed by atoms with Crippen LogP contribution in [-0.2, 0) is 9.59 Å². The second-order valence-electron chi connectivity index (χ2n) is 3.86. The van der Waals surface area contributed by atoms with Crippen LogP contribution in [0, 0.1) is 0 Å². The number of carbonyl (C=O) groups excluding carboxylic acids is 3. The second kappa shape index (κ2) is 4.79. The summed E-state index contributed by atoms with van der Waals surface area (Å²) >= 11 is 0. The maximum atomic E-state index is 11.7. The van der Waals surface area contributed by atoms with Crippen molar-refractivity contribution in [1.29, 1.82) is 0 Å². The Kier molecular flexibility index (Phi) is 3.18. The number of nitrogens with zero attached hydrogens (tertiary/aromatic N) is 1. The average Bonchev–Trinajstić information content (AvgIpc) is 2.76. The third-order valence-electron chi connectivity index (χ3n) is 2.43. The first kappa shape index (κ1) is 12.0. The smallest absolute Gasteiger partial charge is 0.272 e. The summed E-state index contributed by atoms with van der Waals surface area (Å²) in [6.45, 7) is 1.45. The summed E-state index contributed by atoms with van der Waals surface area (Å²) in [7, 11) is 0. The highest BCUT2D eigenvalue weighted by atomic mass is 16.2. The summed E-state index contributed by atoms with van der Waals surface area (Å²) in [5.74, 6) is -0.840. The number of hydrogen-bond donors (Lipinski definition) is 2. The molecule has 0 radical (unpaired) electrons. The first-order valence-electron chi connectivity index (χ1n) is 5.34. The lowest BCUT2D eigenvalue weighted by molar-refractivity contribution is -0.119. The minimum atomic E-state index is -0.450. The van der Waals surface area contributed by atoms with E-state index in [-0.39, 0.29) is 23.8 Å². The normalized spacial score (nSPS) is 13.8. The van der Waals surface area contributed by atoms with Crippen LogP contribution in [0.4, 0.5) is 5.69 Å². The van der Waals surface area contributed by atoms with Crippen LogP contribution in [0.3, 0.4) is 0 Å². The lowest BCUT2D eigenvalue weighted by Gasteiger charge is -2.05. The average molecular weight is 245 g/mol. The molecule has 1 aromatic rings. The summed E-state index contributed by atoms with van der Waals surface area (Å²) in [4.78, 5) is 33.8. The van der Waals surface area contributed by atoms with Crippen LogP contribution >= 0.6 is 0 Å². The molecule has 2 rings (SSSR count). The van der Waals surface area contributed by atoms with Crippen LogP contribution in [0.2, 0.25) is 0 Å². The monoisotopic (exact) mass is 245 g/mol. The molecule has 6 nitrogen and oxygen atoms in total. The molecule has 6 heteroatoms. The molecule has 1 aliphatic heterocycles. The van der Waals surface area contributed by atoms with Crippen molar-refractivity contribution >= 4 is 29.0 Å². The van der Waals surface area contributed by atoms with E-state index in [2.05, 4.69) is 15.8 Å². The first-order chi connectivity index (χ1) is 8.56. The number of hydrogen-bond acceptors (Lipinski definition) is 4. The van der Waals surface area contributed by atoms with E-state index in [0.717, 1.165) is 0 Å². The Balaban J connectivity index is 2.10. The third kappa shape index (κ3) is 2.60. The molecule has 18 heavy (non-hydrogen) atoms. The Labute approximate surface area is 103 Å². The molecule has 0 spiro atoms. The van der Waals surface area contributed by atoms with Crippen molar-refractivity contribution in [3.8, 4) is 0 Å². The van der Waals surface area contributed by atoms with Gasteiger partial charge in [0.1, 0.15) is 5.71 Å². The molecule has 2 amide bonds. The van der Waals surface area contributed by atoms with Gasteiger partial charge < -0.3 is 5.32 Å². The highest BCUT2D eigenvalue weighted by Gasteiger charge is 2.21. The van der Waals surface area contributed by atoms with Gasteiger partial charge in [0.25, 0.3) is 5.91 Å². The summed E-state index contributed by atoms with van der Waals surface area (Å²) in [5.41, 5.74) is 3.34. The van der Waals surface area contributed by atoms with Gasteiger partial charge in [-0.2, -0.15) is 5.10 Å². The third-order valence-corrected chi connectivity index (χ3v) is 2.43. The second-order valence-corrected chi connectivity index (χ2v) is 3.86. The number of amides is 2. The number of hydrazone groups is 1. The molecule has 0 aromatic heterocycles. The zero-order chi connectivity index (χ0) is 13.1. The molecule has 1 aliphatic rings. The van der Waals surface area contributed by atoms with Crippen molar-refractivity contribution in [3.05, 3.63) is 29.8 Å². The van der Waals surface area contributed by atoms with E-state index in [0.29, 0.717) is 11.3 Å². The molecule has 0 saturated carbocycles. The van der Waals surface area contributed by atoms with Crippen molar-refractivity contribution < 1.29 is 14.4 Å². The molecule has 1 heterocycles. The van der Waals surface area contributed by atoms with E-state index < -0.39 is 5.91 Å². The fraction of sp³-hybridized carbons (Fsp3) is 0.167. The highest BCUT2D eigenvalue weighted by molar-refractivity contribution is 6.46. The molecule has 1 aromatic carbocycles. The van der Waals surface area contributed by atoms with Gasteiger partial charge in [0, 0.05) is 11.3 Å². The largest absolute Gasteiger partial charge is 0.321 e. The fourth-order valence-electron chi connectivity index (χ4n) is 1.51. The summed E-state index contributed by atoms with van der Waals surface area (Å²) in [6.07, 6.45) is -0.0295. The molecular weight excluding hydrogens is 234 g/mol. The number of anilines is 1. The number of benzene rings is 1. The summed E-state index contributed by atoms with van der Waals surface area (Å²) in [5, 5.41) is 6.19. The molecule has 2 N–H and O–H groups in total. The van der Waals surface area contributed by atoms with Gasteiger partial charge in [-0.15, -0.1) is 0 Å². The number of ketones is 1. The van der Waals surface area contributed by atoms with Crippen LogP contribution in [0.1, 0.15) is 23.7 Å². The number of Topliss-reactive ketones (excluding diaryl/α,β-unsaturated/α-hetero) is 1. The van der Waals surface area contributed by atoms with Crippen molar-refractivity contribution in [2.45, 2.75) is 13.3 Å². The Morgan fingerprint density at radius 2 is 2.17 bits per heavy atom. The van der Waals surface area contributed by atoms with Gasteiger partial charge in [0.05, 0.1) is 6.42 Å². The van der Waals surface area contributed by atoms with Gasteiger partial charge in [-0.3, -0.25) is 14.4 Å². The maximum absolute atomic E-state index is 11.7. The zero-order valence-electron chi connectivity index (χ0n) is 9.69. The van der Waals surface area contributed by atoms with E-state index in [1.54, 1.807) is 24.3 Å². The van der Waals surface area contributed by atoms with E-state index >= 15 is 0 Å². The van der Waals surface area contributed by atoms with Crippen molar-refractivity contribution in [2.75, 3.05) is 5.32 Å². The van der Waals surface area contributed by atoms with Crippen LogP contribution in [0.15, 0.2) is 29.4 Å². The maximum Gasteiger partial charge on any atom is 0.272 e. The quantitative estimate of drug-likeness (QED) is 0.768. The molecule has 0 aliphatic carbocycles. The Morgan fingerprint density at radius 1 is 1.39 bits per heavy atom. The van der Waals surface area contributed by atoms with E-state index in [1.807, 2.05) is 0 Å². The molecule has 0 unspecified atom stereocenters. The number of nitrogens with one attached hydrogen (secondary N) is 2. The summed E-state index contributed by atoms with van der Waals surface area (Å²) in [6, 6.07) is 6.57. The van der Waals surface area contributed by atoms with Gasteiger partial charge in [0.2, 0.25) is 5.91 Å². The standard InChI is InChI=1S/C12H11N3O3/c1-7(16)8-3-2-4-9(5-8)13-12(18)10-6-11(17)15-14-10/h2-5H,6H2,1H3,(H,13,18)(H,15,17). The topological polar surface area (TPSA) is 87.6 Å². The van der Waals surface area contributed by atoms with E-state index in [4.69, 9.17) is 0 Å². The van der Waals surface area contributed by atoms with Crippen LogP contribution in [0.25, 0.3) is 0 Å². The predicted octanol–water partition coefficient (Wildman–Crippen LogP) is 0.704. The van der Waals surface area contributed by atoms with Gasteiger partial charge in [-0.1, -0.05) is 12.1 Å². The molecular formula is C12H11N3O3. The number of carbonyl (C=O) groups is 3. The minimum Gasteiger partial charge on any atom is -0.321 e. The first-order valence-corrected chi connectivity index (χ1v) is 5.34. The Bertz CT molecular complexity index is 563. The molecule has 0 bridgehead atoms. The zero-order valence-corrected chi connectivity index (χ0v) is 9.69. The van der Waals surface area contributed by atoms with E-state index in [9.17, 15) is 14.4 Å². The highest BCUT2D eigenvalue weighted by Crippen LogP contribution is 2.11. The van der Waals surface area contributed by atoms with Crippen molar-refractivity contribution in [2.24, 2.45) is 5.10 Å². The van der Waals surface area contributed by atoms with Gasteiger partial charge in [-0.05, 0) is 19.1 Å². The van der Waals surface area contributed by atoms with Crippen LogP contribution in [-0.4, -0.2) is 23.3 Å². The Hall–Kier alpha value is -2.50. The van der Waals surface area contributed by atoms with Crippen LogP contribution < -0.4 is 10.7 Å². The molecule has 0 atom stereocenters. The van der Waals surface area contributed by atoms with Gasteiger partial charge in [-0.25, -0.2) is 5.43 Å². The minimum absolute atomic E-state index is 0.0295. The van der Waals surface area contributed by atoms with Crippen molar-refractivity contribution in [3.63, 3.8) is 0 Å². The Morgan fingerprint density at radius 3 is 2.78 bits per heavy atom. The lowest BCUT2D eigenvalue weighted by Crippen LogP contribution is -2.22. The lowest BCUT2D eigenvalue weighted by atomic mass is 10.1. The predicted molar refractivity (Wildman–Crippen MR) is 65.3 cm³/mol. The van der Waals surface area contributed by atoms with Gasteiger partial charge in [0.15, 0.2) is 5.78 Å². The fourth-order valence-corrected chi connectivity index (χ4v) is 1.51. The molecule has 0 saturated heterocycles. The SMILES string of the molecule is CC(=O)c1cccc(NC(=O)C2=NNC(=O)C2)c1. The van der Waals surface area contributed by atoms with Crippen LogP contribution in [0.5, 0.6) is 0 Å². The number of rotatable bonds is 3. The summed E-state index contributed by atoms with van der Waals surface area (Å²) < 4.78 is 0.